The number of pyridine rings is 1. The molecular weight excluding hydrogens is 362 g/mol. The molecule has 8 nitrogen and oxygen atoms in total. The number of aromatic amines is 1. The van der Waals surface area contributed by atoms with Crippen molar-refractivity contribution in [2.45, 2.75) is 26.8 Å². The molecule has 0 bridgehead atoms. The van der Waals surface area contributed by atoms with Crippen LogP contribution < -0.4 is 25.2 Å². The van der Waals surface area contributed by atoms with Crippen LogP contribution in [-0.2, 0) is 16.1 Å². The largest absolute Gasteiger partial charge is 0.454 e. The van der Waals surface area contributed by atoms with Crippen molar-refractivity contribution in [3.63, 3.8) is 0 Å². The Bertz CT molecular complexity index is 1010. The van der Waals surface area contributed by atoms with Crippen molar-refractivity contribution >= 4 is 17.5 Å². The van der Waals surface area contributed by atoms with Gasteiger partial charge in [-0.15, -0.1) is 0 Å². The first-order chi connectivity index (χ1) is 13.4. The highest BCUT2D eigenvalue weighted by molar-refractivity contribution is 6.00. The van der Waals surface area contributed by atoms with E-state index in [9.17, 15) is 14.4 Å². The number of carbonyl (C=O) groups excluding carboxylic acids is 2. The van der Waals surface area contributed by atoms with E-state index in [0.29, 0.717) is 22.7 Å². The molecule has 1 saturated heterocycles. The number of nitrogens with zero attached hydrogens (tertiary/aromatic N) is 1. The zero-order valence-corrected chi connectivity index (χ0v) is 15.7. The molecule has 3 heterocycles. The van der Waals surface area contributed by atoms with Crippen LogP contribution in [0.2, 0.25) is 0 Å². The lowest BCUT2D eigenvalue weighted by atomic mass is 10.1. The number of carbonyl (C=O) groups is 2. The normalized spacial score (nSPS) is 17.9. The van der Waals surface area contributed by atoms with Crippen molar-refractivity contribution in [1.29, 1.82) is 0 Å². The summed E-state index contributed by atoms with van der Waals surface area (Å²) in [4.78, 5) is 41.4. The van der Waals surface area contributed by atoms with Crippen molar-refractivity contribution in [2.24, 2.45) is 5.92 Å². The monoisotopic (exact) mass is 383 g/mol. The molecule has 1 unspecified atom stereocenters. The highest BCUT2D eigenvalue weighted by atomic mass is 16.7. The fourth-order valence-electron chi connectivity index (χ4n) is 3.61. The summed E-state index contributed by atoms with van der Waals surface area (Å²) < 4.78 is 10.6. The molecule has 4 rings (SSSR count). The maximum Gasteiger partial charge on any atom is 0.253 e. The number of aryl methyl sites for hydroxylation is 2. The van der Waals surface area contributed by atoms with Crippen LogP contribution in [0, 0.1) is 19.8 Å². The van der Waals surface area contributed by atoms with Gasteiger partial charge in [0.25, 0.3) is 5.56 Å². The van der Waals surface area contributed by atoms with E-state index in [1.54, 1.807) is 23.1 Å². The average Bonchev–Trinajstić information content (AvgIpc) is 3.26. The molecule has 1 aromatic heterocycles. The second kappa shape index (κ2) is 7.03. The van der Waals surface area contributed by atoms with Gasteiger partial charge in [0.05, 0.1) is 5.92 Å². The van der Waals surface area contributed by atoms with Gasteiger partial charge in [-0.1, -0.05) is 0 Å². The molecule has 2 aliphatic heterocycles. The predicted molar refractivity (Wildman–Crippen MR) is 101 cm³/mol. The molecule has 0 spiro atoms. The van der Waals surface area contributed by atoms with Crippen LogP contribution >= 0.6 is 0 Å². The highest BCUT2D eigenvalue weighted by Crippen LogP contribution is 2.37. The van der Waals surface area contributed by atoms with E-state index in [1.165, 1.54) is 0 Å². The third kappa shape index (κ3) is 3.33. The highest BCUT2D eigenvalue weighted by Gasteiger charge is 2.35. The topological polar surface area (TPSA) is 101 Å². The number of aromatic nitrogens is 1. The summed E-state index contributed by atoms with van der Waals surface area (Å²) in [5.41, 5.74) is 2.60. The van der Waals surface area contributed by atoms with Crippen LogP contribution in [0.4, 0.5) is 5.69 Å². The average molecular weight is 383 g/mol. The summed E-state index contributed by atoms with van der Waals surface area (Å²) in [5, 5.41) is 2.79. The molecule has 28 heavy (non-hydrogen) atoms. The Balaban J connectivity index is 1.42. The van der Waals surface area contributed by atoms with Crippen molar-refractivity contribution < 1.29 is 19.1 Å². The summed E-state index contributed by atoms with van der Waals surface area (Å²) in [6.45, 7) is 4.23. The maximum absolute atomic E-state index is 12.6. The number of ether oxygens (including phenoxy) is 2. The molecule has 1 fully saturated rings. The van der Waals surface area contributed by atoms with Crippen molar-refractivity contribution in [3.05, 3.63) is 51.4 Å². The number of anilines is 1. The molecular formula is C20H21N3O5. The molecule has 2 aliphatic rings. The van der Waals surface area contributed by atoms with Gasteiger partial charge >= 0.3 is 0 Å². The third-order valence-electron chi connectivity index (χ3n) is 5.10. The lowest BCUT2D eigenvalue weighted by Gasteiger charge is -2.17. The van der Waals surface area contributed by atoms with E-state index >= 15 is 0 Å². The summed E-state index contributed by atoms with van der Waals surface area (Å²) in [5.74, 6) is 0.401. The van der Waals surface area contributed by atoms with Crippen molar-refractivity contribution in [1.82, 2.24) is 10.3 Å². The lowest BCUT2D eigenvalue weighted by molar-refractivity contribution is -0.126. The zero-order valence-electron chi connectivity index (χ0n) is 15.7. The number of hydrogen-bond acceptors (Lipinski definition) is 5. The molecule has 8 heteroatoms. The van der Waals surface area contributed by atoms with Crippen molar-refractivity contribution in [3.8, 4) is 11.5 Å². The molecule has 1 aromatic carbocycles. The van der Waals surface area contributed by atoms with Crippen LogP contribution in [0.25, 0.3) is 0 Å². The Kier molecular flexibility index (Phi) is 4.54. The van der Waals surface area contributed by atoms with E-state index in [1.807, 2.05) is 19.9 Å². The van der Waals surface area contributed by atoms with Gasteiger partial charge in [0, 0.05) is 42.5 Å². The number of amides is 2. The SMILES string of the molecule is Cc1cc(C)c(CNC(=O)C2CC(=O)N(c3ccc4c(c3)OCO4)C2)c(=O)[nH]1. The van der Waals surface area contributed by atoms with E-state index < -0.39 is 5.92 Å². The standard InChI is InChI=1S/C20H21N3O5/c1-11-5-12(2)22-20(26)15(11)8-21-19(25)13-6-18(24)23(9-13)14-3-4-16-17(7-14)28-10-27-16/h3-5,7,13H,6,8-10H2,1-2H3,(H,21,25)(H,22,26). The van der Waals surface area contributed by atoms with E-state index in [0.717, 1.165) is 11.3 Å². The molecule has 146 valence electrons. The number of rotatable bonds is 4. The van der Waals surface area contributed by atoms with Gasteiger partial charge in [0.2, 0.25) is 18.6 Å². The van der Waals surface area contributed by atoms with Crippen molar-refractivity contribution in [2.75, 3.05) is 18.2 Å². The Morgan fingerprint density at radius 2 is 2.00 bits per heavy atom. The number of nitrogens with one attached hydrogen (secondary N) is 2. The predicted octanol–water partition coefficient (Wildman–Crippen LogP) is 1.39. The Morgan fingerprint density at radius 3 is 2.79 bits per heavy atom. The van der Waals surface area contributed by atoms with Gasteiger partial charge in [0.15, 0.2) is 11.5 Å². The lowest BCUT2D eigenvalue weighted by Crippen LogP contribution is -2.34. The fraction of sp³-hybridized carbons (Fsp3) is 0.350. The first-order valence-electron chi connectivity index (χ1n) is 9.09. The molecule has 2 aromatic rings. The van der Waals surface area contributed by atoms with E-state index in [2.05, 4.69) is 10.3 Å². The first-order valence-corrected chi connectivity index (χ1v) is 9.09. The first kappa shape index (κ1) is 18.1. The second-order valence-corrected chi connectivity index (χ2v) is 7.10. The minimum atomic E-state index is -0.470. The minimum Gasteiger partial charge on any atom is -0.454 e. The van der Waals surface area contributed by atoms with Crippen LogP contribution in [0.15, 0.2) is 29.1 Å². The number of hydrogen-bond donors (Lipinski definition) is 2. The Hall–Kier alpha value is -3.29. The molecule has 0 aliphatic carbocycles. The van der Waals surface area contributed by atoms with Crippen LogP contribution in [0.1, 0.15) is 23.2 Å². The molecule has 2 amide bonds. The third-order valence-corrected chi connectivity index (χ3v) is 5.10. The van der Waals surface area contributed by atoms with Crippen LogP contribution in [0.5, 0.6) is 11.5 Å². The molecule has 1 atom stereocenters. The zero-order chi connectivity index (χ0) is 19.8. The Labute approximate surface area is 161 Å². The maximum atomic E-state index is 12.6. The van der Waals surface area contributed by atoms with Gasteiger partial charge in [-0.05, 0) is 37.6 Å². The molecule has 0 saturated carbocycles. The summed E-state index contributed by atoms with van der Waals surface area (Å²) >= 11 is 0. The smallest absolute Gasteiger partial charge is 0.253 e. The Morgan fingerprint density at radius 1 is 1.21 bits per heavy atom. The van der Waals surface area contributed by atoms with E-state index in [-0.39, 0.29) is 43.7 Å². The molecule has 2 N–H and O–H groups in total. The van der Waals surface area contributed by atoms with E-state index in [4.69, 9.17) is 9.47 Å². The van der Waals surface area contributed by atoms with Crippen LogP contribution in [-0.4, -0.2) is 30.1 Å². The van der Waals surface area contributed by atoms with Crippen LogP contribution in [0.3, 0.4) is 0 Å². The molecule has 0 radical (unpaired) electrons. The van der Waals surface area contributed by atoms with Gasteiger partial charge in [-0.25, -0.2) is 0 Å². The van der Waals surface area contributed by atoms with Gasteiger partial charge in [-0.2, -0.15) is 0 Å². The number of benzene rings is 1. The van der Waals surface area contributed by atoms with Gasteiger partial charge in [0.1, 0.15) is 0 Å². The second-order valence-electron chi connectivity index (χ2n) is 7.10. The van der Waals surface area contributed by atoms with Gasteiger partial charge in [-0.3, -0.25) is 14.4 Å². The number of fused-ring (bicyclic) bond motifs is 1. The quantitative estimate of drug-likeness (QED) is 0.831. The van der Waals surface area contributed by atoms with Gasteiger partial charge < -0.3 is 24.7 Å². The summed E-state index contributed by atoms with van der Waals surface area (Å²) in [7, 11) is 0. The summed E-state index contributed by atoms with van der Waals surface area (Å²) in [6.07, 6.45) is 0.128. The number of H-pyrrole nitrogens is 1. The minimum absolute atomic E-state index is 0.122. The fourth-order valence-corrected chi connectivity index (χ4v) is 3.61. The summed E-state index contributed by atoms with van der Waals surface area (Å²) in [6, 6.07) is 7.14.